The lowest BCUT2D eigenvalue weighted by molar-refractivity contribution is -0.269. The van der Waals surface area contributed by atoms with Gasteiger partial charge in [0, 0.05) is 27.7 Å². The molecule has 6 atom stereocenters. The van der Waals surface area contributed by atoms with Gasteiger partial charge in [-0.05, 0) is 6.92 Å². The Bertz CT molecular complexity index is 606. The van der Waals surface area contributed by atoms with Crippen LogP contribution < -0.4 is 0 Å². The van der Waals surface area contributed by atoms with E-state index in [-0.39, 0.29) is 0 Å². The number of hydrogen-bond acceptors (Lipinski definition) is 9. The number of likely N-dealkylation sites (tertiary alicyclic amines) is 1. The Balaban J connectivity index is 2.56. The first-order valence-corrected chi connectivity index (χ1v) is 7.66. The predicted octanol–water partition coefficient (Wildman–Crippen LogP) is -0.923. The number of carbonyl (C=O) groups excluding carboxylic acids is 4. The van der Waals surface area contributed by atoms with Gasteiger partial charge in [0.25, 0.3) is 0 Å². The van der Waals surface area contributed by atoms with E-state index in [4.69, 9.17) is 18.9 Å². The van der Waals surface area contributed by atoms with Crippen LogP contribution in [0.3, 0.4) is 0 Å². The summed E-state index contributed by atoms with van der Waals surface area (Å²) in [5.74, 6) is -2.71. The van der Waals surface area contributed by atoms with Gasteiger partial charge < -0.3 is 24.1 Å². The monoisotopic (exact) mass is 359 g/mol. The molecular weight excluding hydrogens is 338 g/mol. The highest BCUT2D eigenvalue weighted by atomic mass is 16.7. The molecule has 2 aliphatic rings. The number of esters is 3. The van der Waals surface area contributed by atoms with Gasteiger partial charge in [0.15, 0.2) is 30.3 Å². The summed E-state index contributed by atoms with van der Waals surface area (Å²) in [5.41, 5.74) is -1.60. The second-order valence-electron chi connectivity index (χ2n) is 6.12. The predicted molar refractivity (Wildman–Crippen MR) is 78.5 cm³/mol. The minimum atomic E-state index is -1.60. The molecule has 2 saturated heterocycles. The smallest absolute Gasteiger partial charge is 0.303 e. The van der Waals surface area contributed by atoms with E-state index in [1.807, 2.05) is 0 Å². The van der Waals surface area contributed by atoms with Crippen molar-refractivity contribution in [2.45, 2.75) is 71.0 Å². The van der Waals surface area contributed by atoms with Crippen molar-refractivity contribution in [3.05, 3.63) is 0 Å². The maximum Gasteiger partial charge on any atom is 0.303 e. The molecule has 0 aromatic carbocycles. The second-order valence-corrected chi connectivity index (χ2v) is 6.12. The van der Waals surface area contributed by atoms with Crippen LogP contribution in [0.5, 0.6) is 0 Å². The van der Waals surface area contributed by atoms with Crippen LogP contribution in [-0.2, 0) is 38.1 Å². The Labute approximate surface area is 143 Å². The molecule has 0 aliphatic carbocycles. The number of aliphatic hydroxyl groups is 1. The van der Waals surface area contributed by atoms with Crippen molar-refractivity contribution in [2.75, 3.05) is 0 Å². The molecule has 0 saturated carbocycles. The molecule has 2 rings (SSSR count). The molecular formula is C15H21NO9. The fourth-order valence-corrected chi connectivity index (χ4v) is 3.41. The van der Waals surface area contributed by atoms with Gasteiger partial charge in [0.05, 0.1) is 0 Å². The molecule has 1 amide bonds. The molecule has 0 aromatic rings. The molecule has 0 radical (unpaired) electrons. The van der Waals surface area contributed by atoms with Crippen molar-refractivity contribution in [3.8, 4) is 0 Å². The number of fused-ring (bicyclic) bond motifs is 2. The summed E-state index contributed by atoms with van der Waals surface area (Å²) in [5, 5.41) is 10.5. The van der Waals surface area contributed by atoms with Gasteiger partial charge in [-0.3, -0.25) is 24.1 Å². The van der Waals surface area contributed by atoms with E-state index in [9.17, 15) is 24.3 Å². The molecule has 1 N–H and O–H groups in total. The van der Waals surface area contributed by atoms with E-state index in [1.165, 1.54) is 13.8 Å². The SMILES string of the molecule is CC(=O)O[C@@H]1[C@H]2O[C@@](C)([C@@H](OC(C)=O)[C@H]1OC(C)=O)N(C(C)=O)[C@@H]2O. The summed E-state index contributed by atoms with van der Waals surface area (Å²) < 4.78 is 21.3. The van der Waals surface area contributed by atoms with Crippen molar-refractivity contribution in [3.63, 3.8) is 0 Å². The molecule has 10 heteroatoms. The first-order chi connectivity index (χ1) is 11.5. The standard InChI is InChI=1S/C15H21NO9/c1-6(17)16-14(21)12-10(22-7(2)18)11(23-8(3)19)13(24-9(4)20)15(16,5)25-12/h10-14,21H,1-5H3/t10-,11-,12+,13-,14+,15-/m0/s1. The van der Waals surface area contributed by atoms with Gasteiger partial charge in [-0.2, -0.15) is 0 Å². The number of carbonyl (C=O) groups is 4. The van der Waals surface area contributed by atoms with E-state index in [0.717, 1.165) is 25.7 Å². The number of amides is 1. The van der Waals surface area contributed by atoms with Crippen molar-refractivity contribution in [2.24, 2.45) is 0 Å². The number of nitrogens with zero attached hydrogens (tertiary/aromatic N) is 1. The fourth-order valence-electron chi connectivity index (χ4n) is 3.41. The van der Waals surface area contributed by atoms with Crippen LogP contribution >= 0.6 is 0 Å². The molecule has 25 heavy (non-hydrogen) atoms. The van der Waals surface area contributed by atoms with E-state index < -0.39 is 60.2 Å². The first-order valence-electron chi connectivity index (χ1n) is 7.66. The first kappa shape index (κ1) is 19.1. The molecule has 2 aliphatic heterocycles. The maximum atomic E-state index is 12.0. The van der Waals surface area contributed by atoms with Crippen LogP contribution in [0.4, 0.5) is 0 Å². The normalized spacial score (nSPS) is 36.6. The van der Waals surface area contributed by atoms with Crippen LogP contribution in [0.2, 0.25) is 0 Å². The van der Waals surface area contributed by atoms with Crippen molar-refractivity contribution in [1.82, 2.24) is 4.90 Å². The lowest BCUT2D eigenvalue weighted by atomic mass is 9.93. The molecule has 2 heterocycles. The number of rotatable bonds is 3. The quantitative estimate of drug-likeness (QED) is 0.502. The van der Waals surface area contributed by atoms with Gasteiger partial charge in [-0.1, -0.05) is 0 Å². The third-order valence-corrected chi connectivity index (χ3v) is 4.12. The third kappa shape index (κ3) is 3.31. The number of aliphatic hydroxyl groups excluding tert-OH is 1. The highest BCUT2D eigenvalue weighted by molar-refractivity contribution is 5.75. The zero-order valence-corrected chi connectivity index (χ0v) is 14.5. The van der Waals surface area contributed by atoms with Crippen molar-refractivity contribution >= 4 is 23.8 Å². The highest BCUT2D eigenvalue weighted by Crippen LogP contribution is 2.45. The summed E-state index contributed by atoms with van der Waals surface area (Å²) in [6.07, 6.45) is -6.49. The van der Waals surface area contributed by atoms with Crippen LogP contribution in [0.15, 0.2) is 0 Å². The van der Waals surface area contributed by atoms with Gasteiger partial charge in [-0.15, -0.1) is 0 Å². The minimum Gasteiger partial charge on any atom is -0.455 e. The van der Waals surface area contributed by atoms with Crippen molar-refractivity contribution in [1.29, 1.82) is 0 Å². The van der Waals surface area contributed by atoms with Crippen LogP contribution in [0.25, 0.3) is 0 Å². The average Bonchev–Trinajstić information content (AvgIpc) is 2.68. The Morgan fingerprint density at radius 2 is 1.40 bits per heavy atom. The average molecular weight is 359 g/mol. The zero-order valence-electron chi connectivity index (χ0n) is 14.5. The summed E-state index contributed by atoms with van der Waals surface area (Å²) in [7, 11) is 0. The zero-order chi connectivity index (χ0) is 19.1. The van der Waals surface area contributed by atoms with Crippen LogP contribution in [0.1, 0.15) is 34.6 Å². The van der Waals surface area contributed by atoms with Gasteiger partial charge >= 0.3 is 17.9 Å². The largest absolute Gasteiger partial charge is 0.455 e. The molecule has 0 spiro atoms. The Hall–Kier alpha value is -2.20. The number of ether oxygens (including phenoxy) is 4. The Kier molecular flexibility index (Phi) is 5.05. The summed E-state index contributed by atoms with van der Waals surface area (Å²) in [6.45, 7) is 6.01. The molecule has 10 nitrogen and oxygen atoms in total. The number of hydrogen-bond donors (Lipinski definition) is 1. The summed E-state index contributed by atoms with van der Waals surface area (Å²) >= 11 is 0. The fraction of sp³-hybridized carbons (Fsp3) is 0.733. The maximum absolute atomic E-state index is 12.0. The topological polar surface area (TPSA) is 129 Å². The Morgan fingerprint density at radius 1 is 0.920 bits per heavy atom. The van der Waals surface area contributed by atoms with Crippen molar-refractivity contribution < 1.29 is 43.2 Å². The van der Waals surface area contributed by atoms with E-state index in [2.05, 4.69) is 0 Å². The highest BCUT2D eigenvalue weighted by Gasteiger charge is 2.68. The lowest BCUT2D eigenvalue weighted by Crippen LogP contribution is -2.65. The second kappa shape index (κ2) is 6.60. The van der Waals surface area contributed by atoms with Crippen LogP contribution in [-0.4, -0.2) is 70.2 Å². The minimum absolute atomic E-state index is 0.556. The van der Waals surface area contributed by atoms with Gasteiger partial charge in [-0.25, -0.2) is 0 Å². The molecule has 2 bridgehead atoms. The van der Waals surface area contributed by atoms with E-state index in [1.54, 1.807) is 0 Å². The van der Waals surface area contributed by atoms with Gasteiger partial charge in [0.1, 0.15) is 6.10 Å². The van der Waals surface area contributed by atoms with Crippen LogP contribution in [0, 0.1) is 0 Å². The van der Waals surface area contributed by atoms with Gasteiger partial charge in [0.2, 0.25) is 5.91 Å². The van der Waals surface area contributed by atoms with E-state index in [0.29, 0.717) is 0 Å². The Morgan fingerprint density at radius 3 is 1.84 bits per heavy atom. The molecule has 2 fully saturated rings. The molecule has 0 unspecified atom stereocenters. The summed E-state index contributed by atoms with van der Waals surface area (Å²) in [4.78, 5) is 47.5. The van der Waals surface area contributed by atoms with E-state index >= 15 is 0 Å². The molecule has 140 valence electrons. The molecule has 0 aromatic heterocycles. The third-order valence-electron chi connectivity index (χ3n) is 4.12. The lowest BCUT2D eigenvalue weighted by Gasteiger charge is -2.45. The summed E-state index contributed by atoms with van der Waals surface area (Å²) in [6, 6.07) is 0.